The molecule has 9 heteroatoms. The van der Waals surface area contributed by atoms with Gasteiger partial charge in [0.15, 0.2) is 0 Å². The summed E-state index contributed by atoms with van der Waals surface area (Å²) in [6.07, 6.45) is 2.62. The molecule has 0 bridgehead atoms. The van der Waals surface area contributed by atoms with Crippen LogP contribution >= 0.6 is 0 Å². The fourth-order valence-electron chi connectivity index (χ4n) is 2.49. The first-order valence-electron chi connectivity index (χ1n) is 7.31. The van der Waals surface area contributed by atoms with Crippen molar-refractivity contribution in [3.8, 4) is 0 Å². The molecule has 1 unspecified atom stereocenters. The lowest BCUT2D eigenvalue weighted by Gasteiger charge is -2.26. The molecule has 0 spiro atoms. The molecule has 22 heavy (non-hydrogen) atoms. The van der Waals surface area contributed by atoms with Gasteiger partial charge in [0.25, 0.3) is 0 Å². The van der Waals surface area contributed by atoms with Crippen molar-refractivity contribution in [1.82, 2.24) is 24.4 Å². The first-order chi connectivity index (χ1) is 10.2. The van der Waals surface area contributed by atoms with E-state index < -0.39 is 10.0 Å². The topological polar surface area (TPSA) is 97.2 Å². The van der Waals surface area contributed by atoms with Gasteiger partial charge in [0, 0.05) is 32.0 Å². The van der Waals surface area contributed by atoms with Crippen molar-refractivity contribution in [2.45, 2.75) is 45.2 Å². The molecule has 0 radical (unpaired) electrons. The molecule has 1 aromatic heterocycles. The van der Waals surface area contributed by atoms with Crippen molar-refractivity contribution in [3.63, 3.8) is 0 Å². The monoisotopic (exact) mass is 329 g/mol. The summed E-state index contributed by atoms with van der Waals surface area (Å²) >= 11 is 0. The Bertz CT molecular complexity index is 653. The summed E-state index contributed by atoms with van der Waals surface area (Å²) in [7, 11) is -1.96. The van der Waals surface area contributed by atoms with Crippen LogP contribution in [0, 0.1) is 0 Å². The number of carbonyl (C=O) groups is 1. The van der Waals surface area contributed by atoms with Gasteiger partial charge in [0.2, 0.25) is 15.9 Å². The fourth-order valence-corrected chi connectivity index (χ4v) is 2.84. The second-order valence-electron chi connectivity index (χ2n) is 6.06. The summed E-state index contributed by atoms with van der Waals surface area (Å²) in [5.74, 6) is 1.84. The maximum atomic E-state index is 12.0. The van der Waals surface area contributed by atoms with Crippen LogP contribution in [0.25, 0.3) is 0 Å². The molecule has 1 amide bonds. The fraction of sp³-hybridized carbons (Fsp3) is 0.769. The minimum absolute atomic E-state index is 0.0264. The number of likely N-dealkylation sites (N-methyl/N-ethyl adjacent to an activating group) is 1. The summed E-state index contributed by atoms with van der Waals surface area (Å²) in [4.78, 5) is 12.0. The molecule has 124 valence electrons. The Hall–Kier alpha value is -1.48. The van der Waals surface area contributed by atoms with E-state index in [0.29, 0.717) is 6.54 Å². The smallest absolute Gasteiger partial charge is 0.235 e. The maximum Gasteiger partial charge on any atom is 0.235 e. The Morgan fingerprint density at radius 1 is 1.45 bits per heavy atom. The van der Waals surface area contributed by atoms with Gasteiger partial charge in [-0.15, -0.1) is 10.2 Å². The molecule has 0 aliphatic carbocycles. The Morgan fingerprint density at radius 3 is 2.73 bits per heavy atom. The molecule has 0 aromatic carbocycles. The van der Waals surface area contributed by atoms with Crippen molar-refractivity contribution in [1.29, 1.82) is 0 Å². The third-order valence-corrected chi connectivity index (χ3v) is 5.05. The van der Waals surface area contributed by atoms with E-state index in [9.17, 15) is 13.2 Å². The molecule has 1 aliphatic rings. The predicted octanol–water partition coefficient (Wildman–Crippen LogP) is -0.276. The number of nitrogens with one attached hydrogen (secondary N) is 1. The molecule has 1 N–H and O–H groups in total. The van der Waals surface area contributed by atoms with E-state index in [-0.39, 0.29) is 24.4 Å². The number of aromatic nitrogens is 3. The number of hydrogen-bond donors (Lipinski definition) is 1. The van der Waals surface area contributed by atoms with Crippen LogP contribution in [0.5, 0.6) is 0 Å². The molecule has 8 nitrogen and oxygen atoms in total. The lowest BCUT2D eigenvalue weighted by atomic mass is 10.1. The molecule has 2 rings (SSSR count). The zero-order valence-electron chi connectivity index (χ0n) is 13.4. The average Bonchev–Trinajstić information content (AvgIpc) is 2.80. The zero-order chi connectivity index (χ0) is 16.5. The number of sulfonamides is 1. The number of hydrogen-bond acceptors (Lipinski definition) is 5. The van der Waals surface area contributed by atoms with Crippen LogP contribution < -0.4 is 5.32 Å². The van der Waals surface area contributed by atoms with Crippen LogP contribution in [0.3, 0.4) is 0 Å². The van der Waals surface area contributed by atoms with E-state index in [4.69, 9.17) is 0 Å². The Kier molecular flexibility index (Phi) is 4.86. The average molecular weight is 329 g/mol. The molecule has 0 saturated heterocycles. The van der Waals surface area contributed by atoms with Gasteiger partial charge < -0.3 is 9.88 Å². The summed E-state index contributed by atoms with van der Waals surface area (Å²) in [5.41, 5.74) is 0. The first kappa shape index (κ1) is 16.9. The van der Waals surface area contributed by atoms with Gasteiger partial charge >= 0.3 is 0 Å². The Labute approximate surface area is 130 Å². The highest BCUT2D eigenvalue weighted by Crippen LogP contribution is 2.20. The van der Waals surface area contributed by atoms with Gasteiger partial charge in [-0.1, -0.05) is 13.8 Å². The summed E-state index contributed by atoms with van der Waals surface area (Å²) in [6.45, 7) is 4.58. The number of amides is 1. The van der Waals surface area contributed by atoms with Crippen LogP contribution in [-0.4, -0.2) is 59.3 Å². The first-order valence-corrected chi connectivity index (χ1v) is 9.16. The molecule has 0 fully saturated rings. The van der Waals surface area contributed by atoms with Crippen LogP contribution in [0.1, 0.15) is 37.8 Å². The van der Waals surface area contributed by atoms with Gasteiger partial charge in [-0.25, -0.2) is 8.42 Å². The van der Waals surface area contributed by atoms with Gasteiger partial charge in [0.1, 0.15) is 11.6 Å². The number of rotatable bonds is 5. The predicted molar refractivity (Wildman–Crippen MR) is 81.8 cm³/mol. The third-order valence-electron chi connectivity index (χ3n) is 3.79. The van der Waals surface area contributed by atoms with E-state index in [1.807, 2.05) is 0 Å². The SMILES string of the molecule is CC(C)c1nnc2n1CC(NC(=O)CN(C)S(C)(=O)=O)CC2. The zero-order valence-corrected chi connectivity index (χ0v) is 14.2. The molecular weight excluding hydrogens is 306 g/mol. The van der Waals surface area contributed by atoms with Gasteiger partial charge in [-0.2, -0.15) is 4.31 Å². The van der Waals surface area contributed by atoms with Gasteiger partial charge in [-0.3, -0.25) is 4.79 Å². The second-order valence-corrected chi connectivity index (χ2v) is 8.15. The van der Waals surface area contributed by atoms with Crippen LogP contribution in [0.4, 0.5) is 0 Å². The highest BCUT2D eigenvalue weighted by molar-refractivity contribution is 7.88. The van der Waals surface area contributed by atoms with Crippen molar-refractivity contribution in [2.24, 2.45) is 0 Å². The summed E-state index contributed by atoms with van der Waals surface area (Å²) < 4.78 is 25.8. The van der Waals surface area contributed by atoms with Gasteiger partial charge in [-0.05, 0) is 6.42 Å². The normalized spacial score (nSPS) is 18.5. The molecule has 2 heterocycles. The van der Waals surface area contributed by atoms with Gasteiger partial charge in [0.05, 0.1) is 12.8 Å². The molecule has 1 aliphatic heterocycles. The highest BCUT2D eigenvalue weighted by Gasteiger charge is 2.25. The van der Waals surface area contributed by atoms with Crippen LogP contribution in [0.15, 0.2) is 0 Å². The largest absolute Gasteiger partial charge is 0.350 e. The lowest BCUT2D eigenvalue weighted by Crippen LogP contribution is -2.45. The van der Waals surface area contributed by atoms with E-state index >= 15 is 0 Å². The third kappa shape index (κ3) is 3.83. The van der Waals surface area contributed by atoms with E-state index in [2.05, 4.69) is 33.9 Å². The van der Waals surface area contributed by atoms with E-state index in [0.717, 1.165) is 35.1 Å². The maximum absolute atomic E-state index is 12.0. The summed E-state index contributed by atoms with van der Waals surface area (Å²) in [6, 6.07) is -0.0264. The molecular formula is C13H23N5O3S. The molecule has 0 saturated carbocycles. The van der Waals surface area contributed by atoms with Crippen LogP contribution in [0.2, 0.25) is 0 Å². The molecule has 1 atom stereocenters. The Balaban J connectivity index is 1.98. The van der Waals surface area contributed by atoms with Crippen LogP contribution in [-0.2, 0) is 27.8 Å². The van der Waals surface area contributed by atoms with E-state index in [1.165, 1.54) is 7.05 Å². The standard InChI is InChI=1S/C13H23N5O3S/c1-9(2)13-16-15-11-6-5-10(7-18(11)13)14-12(19)8-17(3)22(4,20)21/h9-10H,5-8H2,1-4H3,(H,14,19). The minimum atomic E-state index is -3.35. The van der Waals surface area contributed by atoms with Crippen molar-refractivity contribution < 1.29 is 13.2 Å². The number of aryl methyl sites for hydroxylation is 1. The lowest BCUT2D eigenvalue weighted by molar-refractivity contribution is -0.122. The quantitative estimate of drug-likeness (QED) is 0.801. The number of nitrogens with zero attached hydrogens (tertiary/aromatic N) is 4. The van der Waals surface area contributed by atoms with Crippen molar-refractivity contribution in [2.75, 3.05) is 19.8 Å². The second kappa shape index (κ2) is 6.33. The minimum Gasteiger partial charge on any atom is -0.350 e. The molecule has 1 aromatic rings. The van der Waals surface area contributed by atoms with Crippen molar-refractivity contribution >= 4 is 15.9 Å². The van der Waals surface area contributed by atoms with Crippen molar-refractivity contribution in [3.05, 3.63) is 11.6 Å². The Morgan fingerprint density at radius 2 is 2.14 bits per heavy atom. The number of fused-ring (bicyclic) bond motifs is 1. The highest BCUT2D eigenvalue weighted by atomic mass is 32.2. The van der Waals surface area contributed by atoms with E-state index in [1.54, 1.807) is 0 Å². The number of carbonyl (C=O) groups excluding carboxylic acids is 1. The summed E-state index contributed by atoms with van der Waals surface area (Å²) in [5, 5.41) is 11.3.